The molecule has 0 heterocycles. The van der Waals surface area contributed by atoms with Gasteiger partial charge >= 0.3 is 66.3 Å². The van der Waals surface area contributed by atoms with Crippen molar-refractivity contribution < 1.29 is 44.5 Å². The second-order valence-electron chi connectivity index (χ2n) is 2.86. The fourth-order valence-corrected chi connectivity index (χ4v) is 1.89. The van der Waals surface area contributed by atoms with Gasteiger partial charge in [-0.15, -0.1) is 0 Å². The number of carboxylic acids is 1. The molecule has 1 N–H and O–H groups in total. The number of hydrogen-bond donors (Lipinski definition) is 1. The van der Waals surface area contributed by atoms with Gasteiger partial charge in [0, 0.05) is 0 Å². The van der Waals surface area contributed by atoms with Crippen molar-refractivity contribution in [2.24, 2.45) is 0 Å². The van der Waals surface area contributed by atoms with E-state index < -0.39 is 23.8 Å². The Hall–Kier alpha value is -1.43. The Labute approximate surface area is 112 Å². The number of benzene rings is 1. The van der Waals surface area contributed by atoms with Gasteiger partial charge in [0.15, 0.2) is 0 Å². The van der Waals surface area contributed by atoms with Gasteiger partial charge in [0.25, 0.3) is 0 Å². The molecule has 0 saturated heterocycles. The van der Waals surface area contributed by atoms with Crippen LogP contribution >= 0.6 is 0 Å². The van der Waals surface area contributed by atoms with E-state index in [1.807, 2.05) is 0 Å². The molecule has 94 valence electrons. The van der Waals surface area contributed by atoms with Gasteiger partial charge in [0.05, 0.1) is 5.56 Å². The number of aromatic carboxylic acids is 1. The van der Waals surface area contributed by atoms with E-state index in [1.165, 1.54) is 0 Å². The van der Waals surface area contributed by atoms with Gasteiger partial charge < -0.3 is 5.11 Å². The third-order valence-corrected chi connectivity index (χ3v) is 3.25. The summed E-state index contributed by atoms with van der Waals surface area (Å²) >= 11 is -1.45. The van der Waals surface area contributed by atoms with Gasteiger partial charge in [-0.1, -0.05) is 18.2 Å². The van der Waals surface area contributed by atoms with Crippen molar-refractivity contribution >= 4 is 18.5 Å². The standard InChI is InChI=1S/C7H6O2.2C2H3O2.Zn/c8-7(9)6-4-2-1-3-5-6;2*3-1-2-4;/h1-5H,(H,8,9);2*1H,2H2;/q;2*-1;+2. The number of hydrogen-bond acceptors (Lipinski definition) is 5. The van der Waals surface area contributed by atoms with Gasteiger partial charge in [-0.2, -0.15) is 0 Å². The summed E-state index contributed by atoms with van der Waals surface area (Å²) in [7, 11) is 0. The molecule has 0 aliphatic heterocycles. The van der Waals surface area contributed by atoms with E-state index in [2.05, 4.69) is 0 Å². The maximum absolute atomic E-state index is 10.2. The monoisotopic (exact) mass is 304 g/mol. The van der Waals surface area contributed by atoms with Gasteiger partial charge in [0.1, 0.15) is 0 Å². The zero-order chi connectivity index (χ0) is 13.6. The Balaban J connectivity index is 0.000000321. The topological polar surface area (TPSA) is 89.9 Å². The van der Waals surface area contributed by atoms with Crippen molar-refractivity contribution in [2.45, 2.75) is 0 Å². The third-order valence-electron chi connectivity index (χ3n) is 1.56. The molecule has 0 aliphatic rings. The third kappa shape index (κ3) is 9.77. The molecule has 1 aromatic rings. The number of aldehydes is 2. The van der Waals surface area contributed by atoms with Crippen molar-refractivity contribution in [3.05, 3.63) is 35.9 Å². The Morgan fingerprint density at radius 3 is 1.94 bits per heavy atom. The summed E-state index contributed by atoms with van der Waals surface area (Å²) in [4.78, 5) is 29.4. The fraction of sp³-hybridized carbons (Fsp3) is 0.182. The van der Waals surface area contributed by atoms with Crippen LogP contribution in [0.15, 0.2) is 30.3 Å². The second kappa shape index (κ2) is 12.0. The zero-order valence-electron chi connectivity index (χ0n) is 9.65. The summed E-state index contributed by atoms with van der Waals surface area (Å²) < 4.78 is 9.45. The molecule has 0 bridgehead atoms. The van der Waals surface area contributed by atoms with Crippen LogP contribution in [0.2, 0.25) is 0 Å². The van der Waals surface area contributed by atoms with Crippen LogP contribution in [-0.2, 0) is 34.6 Å². The summed E-state index contributed by atoms with van der Waals surface area (Å²) in [6.45, 7) is 0.192. The summed E-state index contributed by atoms with van der Waals surface area (Å²) in [6.07, 6.45) is 1.32. The van der Waals surface area contributed by atoms with Crippen LogP contribution in [0.25, 0.3) is 0 Å². The fourth-order valence-electron chi connectivity index (χ4n) is 0.832. The molecule has 7 heteroatoms. The molecule has 0 unspecified atom stereocenters. The first-order chi connectivity index (χ1) is 8.72. The van der Waals surface area contributed by atoms with E-state index in [-0.39, 0.29) is 13.2 Å². The van der Waals surface area contributed by atoms with E-state index in [0.717, 1.165) is 0 Å². The van der Waals surface area contributed by atoms with Crippen molar-refractivity contribution in [1.29, 1.82) is 0 Å². The minimum atomic E-state index is -1.45. The van der Waals surface area contributed by atoms with Crippen molar-refractivity contribution in [3.63, 3.8) is 0 Å². The van der Waals surface area contributed by atoms with Crippen LogP contribution in [0, 0.1) is 0 Å². The van der Waals surface area contributed by atoms with E-state index >= 15 is 0 Å². The maximum atomic E-state index is 10.2. The molecule has 0 amide bonds. The molecule has 0 radical (unpaired) electrons. The number of rotatable bonds is 7. The predicted octanol–water partition coefficient (Wildman–Crippen LogP) is 0.715. The van der Waals surface area contributed by atoms with E-state index in [9.17, 15) is 14.4 Å². The SMILES string of the molecule is O=C(O)c1ccccc1.O=CC[O][Zn][O]CC=O. The van der Waals surface area contributed by atoms with E-state index in [0.29, 0.717) is 18.1 Å². The molecular formula is C11H12O6Zn. The second-order valence-corrected chi connectivity index (χ2v) is 5.07. The molecular weight excluding hydrogens is 294 g/mol. The first kappa shape index (κ1) is 16.6. The zero-order valence-corrected chi connectivity index (χ0v) is 12.6. The minimum absolute atomic E-state index is 0.0961. The van der Waals surface area contributed by atoms with Gasteiger partial charge in [-0.05, 0) is 12.1 Å². The van der Waals surface area contributed by atoms with Gasteiger partial charge in [0.2, 0.25) is 0 Å². The van der Waals surface area contributed by atoms with Crippen LogP contribution in [-0.4, -0.2) is 36.9 Å². The van der Waals surface area contributed by atoms with Gasteiger partial charge in [-0.3, -0.25) is 0 Å². The Morgan fingerprint density at radius 1 is 1.11 bits per heavy atom. The number of carbonyl (C=O) groups is 3. The predicted molar refractivity (Wildman–Crippen MR) is 57.4 cm³/mol. The molecule has 0 atom stereocenters. The molecule has 0 aromatic heterocycles. The van der Waals surface area contributed by atoms with Crippen LogP contribution in [0.5, 0.6) is 0 Å². The van der Waals surface area contributed by atoms with E-state index in [4.69, 9.17) is 12.2 Å². The first-order valence-corrected chi connectivity index (χ1v) is 7.45. The van der Waals surface area contributed by atoms with Crippen LogP contribution in [0.4, 0.5) is 0 Å². The first-order valence-electron chi connectivity index (χ1n) is 5.03. The molecule has 6 nitrogen and oxygen atoms in total. The van der Waals surface area contributed by atoms with Crippen LogP contribution < -0.4 is 0 Å². The summed E-state index contributed by atoms with van der Waals surface area (Å²) in [5.74, 6) is -0.879. The molecule has 0 aliphatic carbocycles. The average molecular weight is 306 g/mol. The molecule has 0 saturated carbocycles. The quantitative estimate of drug-likeness (QED) is 0.453. The Kier molecular flexibility index (Phi) is 11.1. The average Bonchev–Trinajstić information content (AvgIpc) is 2.40. The van der Waals surface area contributed by atoms with Crippen LogP contribution in [0.3, 0.4) is 0 Å². The molecule has 1 aromatic carbocycles. The number of carbonyl (C=O) groups excluding carboxylic acids is 2. The Morgan fingerprint density at radius 2 is 1.61 bits per heavy atom. The van der Waals surface area contributed by atoms with Crippen LogP contribution in [0.1, 0.15) is 10.4 Å². The van der Waals surface area contributed by atoms with Crippen molar-refractivity contribution in [2.75, 3.05) is 13.2 Å². The molecule has 0 fully saturated rings. The summed E-state index contributed by atoms with van der Waals surface area (Å²) in [5.41, 5.74) is 0.331. The molecule has 1 rings (SSSR count). The normalized spacial score (nSPS) is 8.44. The Bertz CT molecular complexity index is 344. The van der Waals surface area contributed by atoms with Crippen molar-refractivity contribution in [1.82, 2.24) is 0 Å². The number of carboxylic acid groups (broad SMARTS) is 1. The molecule has 0 spiro atoms. The van der Waals surface area contributed by atoms with E-state index in [1.54, 1.807) is 30.3 Å². The molecule has 18 heavy (non-hydrogen) atoms. The summed E-state index contributed by atoms with van der Waals surface area (Å²) in [5, 5.41) is 8.38. The summed E-state index contributed by atoms with van der Waals surface area (Å²) in [6, 6.07) is 8.30. The van der Waals surface area contributed by atoms with Crippen molar-refractivity contribution in [3.8, 4) is 0 Å². The van der Waals surface area contributed by atoms with Gasteiger partial charge in [-0.25, -0.2) is 4.79 Å².